The highest BCUT2D eigenvalue weighted by Crippen LogP contribution is 2.33. The molecule has 1 aromatic carbocycles. The number of carboxylic acid groups (broad SMARTS) is 1. The topological polar surface area (TPSA) is 77.8 Å². The van der Waals surface area contributed by atoms with Crippen LogP contribution >= 0.6 is 11.6 Å². The molecule has 5 heteroatoms. The van der Waals surface area contributed by atoms with Gasteiger partial charge in [-0.3, -0.25) is 0 Å². The quantitative estimate of drug-likeness (QED) is 0.739. The number of carboxylic acids is 1. The van der Waals surface area contributed by atoms with Crippen LogP contribution in [0.1, 0.15) is 24.2 Å². The van der Waals surface area contributed by atoms with Crippen molar-refractivity contribution in [3.63, 3.8) is 0 Å². The third-order valence-corrected chi connectivity index (χ3v) is 2.38. The third-order valence-electron chi connectivity index (χ3n) is 2.09. The van der Waals surface area contributed by atoms with Crippen molar-refractivity contribution in [1.82, 2.24) is 0 Å². The summed E-state index contributed by atoms with van der Waals surface area (Å²) in [6.07, 6.45) is -1.12. The molecule has 0 aliphatic heterocycles. The fraction of sp³-hybridized carbons (Fsp3) is 0.300. The van der Waals surface area contributed by atoms with Gasteiger partial charge in [0.1, 0.15) is 5.75 Å². The summed E-state index contributed by atoms with van der Waals surface area (Å²) in [5.41, 5.74) is 0.681. The predicted octanol–water partition coefficient (Wildman–Crippen LogP) is 1.73. The summed E-state index contributed by atoms with van der Waals surface area (Å²) in [5, 5.41) is 27.4. The van der Waals surface area contributed by atoms with Gasteiger partial charge in [-0.1, -0.05) is 18.5 Å². The van der Waals surface area contributed by atoms with Crippen molar-refractivity contribution < 1.29 is 20.1 Å². The number of phenols is 1. The van der Waals surface area contributed by atoms with Crippen LogP contribution < -0.4 is 0 Å². The van der Waals surface area contributed by atoms with E-state index in [1.165, 1.54) is 12.1 Å². The number of aromatic hydroxyl groups is 1. The standard InChI is InChI=1S/C10H11ClO4/c1-2-5-3-6(9(13)10(14)15)8(12)7(11)4-5/h3-4,9,12-13H,2H2,1H3,(H,14,15). The van der Waals surface area contributed by atoms with Crippen molar-refractivity contribution in [2.75, 3.05) is 0 Å². The molecule has 0 saturated heterocycles. The molecular formula is C10H11ClO4. The van der Waals surface area contributed by atoms with E-state index in [2.05, 4.69) is 0 Å². The van der Waals surface area contributed by atoms with E-state index in [4.69, 9.17) is 16.7 Å². The van der Waals surface area contributed by atoms with Crippen LogP contribution in [0, 0.1) is 0 Å². The number of rotatable bonds is 3. The van der Waals surface area contributed by atoms with Gasteiger partial charge in [0, 0.05) is 5.56 Å². The number of aliphatic hydroxyl groups is 1. The van der Waals surface area contributed by atoms with Crippen molar-refractivity contribution >= 4 is 17.6 Å². The fourth-order valence-electron chi connectivity index (χ4n) is 1.22. The van der Waals surface area contributed by atoms with Crippen LogP contribution in [0.2, 0.25) is 5.02 Å². The molecule has 3 N–H and O–H groups in total. The molecule has 0 radical (unpaired) electrons. The second-order valence-electron chi connectivity index (χ2n) is 3.11. The van der Waals surface area contributed by atoms with Gasteiger partial charge in [-0.25, -0.2) is 4.79 Å². The monoisotopic (exact) mass is 230 g/mol. The van der Waals surface area contributed by atoms with Crippen LogP contribution in [0.3, 0.4) is 0 Å². The van der Waals surface area contributed by atoms with Gasteiger partial charge < -0.3 is 15.3 Å². The van der Waals surface area contributed by atoms with Crippen molar-refractivity contribution in [1.29, 1.82) is 0 Å². The molecule has 1 unspecified atom stereocenters. The van der Waals surface area contributed by atoms with E-state index < -0.39 is 12.1 Å². The van der Waals surface area contributed by atoms with Crippen LogP contribution in [0.5, 0.6) is 5.75 Å². The Balaban J connectivity index is 3.27. The Morgan fingerprint density at radius 2 is 2.13 bits per heavy atom. The number of halogens is 1. The summed E-state index contributed by atoms with van der Waals surface area (Å²) in [6.45, 7) is 1.86. The molecule has 0 bridgehead atoms. The van der Waals surface area contributed by atoms with Crippen molar-refractivity contribution in [3.8, 4) is 5.75 Å². The zero-order valence-electron chi connectivity index (χ0n) is 8.07. The Morgan fingerprint density at radius 3 is 2.60 bits per heavy atom. The summed E-state index contributed by atoms with van der Waals surface area (Å²) < 4.78 is 0. The Bertz CT molecular complexity index is 389. The maximum Gasteiger partial charge on any atom is 0.337 e. The van der Waals surface area contributed by atoms with E-state index in [0.29, 0.717) is 6.42 Å². The lowest BCUT2D eigenvalue weighted by Gasteiger charge is -2.11. The summed E-state index contributed by atoms with van der Waals surface area (Å²) in [7, 11) is 0. The minimum Gasteiger partial charge on any atom is -0.506 e. The maximum absolute atomic E-state index is 10.6. The first-order chi connectivity index (χ1) is 6.97. The van der Waals surface area contributed by atoms with Crippen LogP contribution in [-0.2, 0) is 11.2 Å². The Kier molecular flexibility index (Phi) is 3.55. The summed E-state index contributed by atoms with van der Waals surface area (Å²) in [4.78, 5) is 10.6. The number of aryl methyl sites for hydroxylation is 1. The molecule has 82 valence electrons. The first kappa shape index (κ1) is 11.8. The molecule has 1 atom stereocenters. The van der Waals surface area contributed by atoms with Crippen LogP contribution in [0.4, 0.5) is 0 Å². The lowest BCUT2D eigenvalue weighted by molar-refractivity contribution is -0.147. The van der Waals surface area contributed by atoms with E-state index in [0.717, 1.165) is 5.56 Å². The van der Waals surface area contributed by atoms with Gasteiger partial charge in [-0.15, -0.1) is 0 Å². The summed E-state index contributed by atoms with van der Waals surface area (Å²) in [5.74, 6) is -1.81. The molecule has 0 heterocycles. The molecule has 0 aliphatic rings. The zero-order valence-corrected chi connectivity index (χ0v) is 8.82. The van der Waals surface area contributed by atoms with Crippen LogP contribution in [0.15, 0.2) is 12.1 Å². The number of hydrogen-bond donors (Lipinski definition) is 3. The molecule has 0 amide bonds. The van der Waals surface area contributed by atoms with E-state index in [-0.39, 0.29) is 16.3 Å². The normalized spacial score (nSPS) is 12.5. The Labute approximate surface area is 91.7 Å². The van der Waals surface area contributed by atoms with Gasteiger partial charge in [0.2, 0.25) is 0 Å². The van der Waals surface area contributed by atoms with Crippen molar-refractivity contribution in [3.05, 3.63) is 28.3 Å². The number of benzene rings is 1. The van der Waals surface area contributed by atoms with Gasteiger partial charge >= 0.3 is 5.97 Å². The lowest BCUT2D eigenvalue weighted by Crippen LogP contribution is -2.11. The molecule has 0 fully saturated rings. The lowest BCUT2D eigenvalue weighted by atomic mass is 10.0. The van der Waals surface area contributed by atoms with E-state index in [9.17, 15) is 15.0 Å². The highest BCUT2D eigenvalue weighted by molar-refractivity contribution is 6.32. The van der Waals surface area contributed by atoms with E-state index in [1.807, 2.05) is 6.92 Å². The fourth-order valence-corrected chi connectivity index (χ4v) is 1.47. The SMILES string of the molecule is CCc1cc(Cl)c(O)c(C(O)C(=O)O)c1. The van der Waals surface area contributed by atoms with Gasteiger partial charge in [-0.05, 0) is 24.1 Å². The second kappa shape index (κ2) is 4.51. The Hall–Kier alpha value is -1.26. The maximum atomic E-state index is 10.6. The van der Waals surface area contributed by atoms with Gasteiger partial charge in [0.15, 0.2) is 6.10 Å². The van der Waals surface area contributed by atoms with Crippen molar-refractivity contribution in [2.45, 2.75) is 19.4 Å². The minimum atomic E-state index is -1.76. The minimum absolute atomic E-state index is 0.0460. The third kappa shape index (κ3) is 2.40. The van der Waals surface area contributed by atoms with E-state index >= 15 is 0 Å². The molecule has 1 rings (SSSR count). The number of aliphatic carboxylic acids is 1. The molecule has 0 aromatic heterocycles. The smallest absolute Gasteiger partial charge is 0.337 e. The highest BCUT2D eigenvalue weighted by atomic mass is 35.5. The molecule has 4 nitrogen and oxygen atoms in total. The average Bonchev–Trinajstić information content (AvgIpc) is 2.20. The van der Waals surface area contributed by atoms with Crippen molar-refractivity contribution in [2.24, 2.45) is 0 Å². The molecular weight excluding hydrogens is 220 g/mol. The van der Waals surface area contributed by atoms with Gasteiger partial charge in [-0.2, -0.15) is 0 Å². The van der Waals surface area contributed by atoms with Gasteiger partial charge in [0.25, 0.3) is 0 Å². The highest BCUT2D eigenvalue weighted by Gasteiger charge is 2.21. The second-order valence-corrected chi connectivity index (χ2v) is 3.52. The van der Waals surface area contributed by atoms with Crippen LogP contribution in [-0.4, -0.2) is 21.3 Å². The largest absolute Gasteiger partial charge is 0.506 e. The summed E-state index contributed by atoms with van der Waals surface area (Å²) in [6, 6.07) is 2.97. The number of aliphatic hydroxyl groups excluding tert-OH is 1. The Morgan fingerprint density at radius 1 is 1.53 bits per heavy atom. The number of phenolic OH excluding ortho intramolecular Hbond substituents is 1. The molecule has 15 heavy (non-hydrogen) atoms. The van der Waals surface area contributed by atoms with Crippen LogP contribution in [0.25, 0.3) is 0 Å². The first-order valence-corrected chi connectivity index (χ1v) is 4.77. The molecule has 1 aromatic rings. The van der Waals surface area contributed by atoms with E-state index in [1.54, 1.807) is 0 Å². The molecule has 0 aliphatic carbocycles. The number of hydrogen-bond acceptors (Lipinski definition) is 3. The first-order valence-electron chi connectivity index (χ1n) is 4.39. The predicted molar refractivity (Wildman–Crippen MR) is 55.1 cm³/mol. The zero-order chi connectivity index (χ0) is 11.6. The average molecular weight is 231 g/mol. The molecule has 0 spiro atoms. The number of carbonyl (C=O) groups is 1. The molecule has 0 saturated carbocycles. The summed E-state index contributed by atoms with van der Waals surface area (Å²) >= 11 is 5.69. The van der Waals surface area contributed by atoms with Gasteiger partial charge in [0.05, 0.1) is 5.02 Å².